The first-order valence-electron chi connectivity index (χ1n) is 7.16. The highest BCUT2D eigenvalue weighted by Gasteiger charge is 2.55. The third-order valence-corrected chi connectivity index (χ3v) is 9.35. The maximum Gasteiger partial charge on any atom is 0.192 e. The van der Waals surface area contributed by atoms with E-state index in [9.17, 15) is 0 Å². The molecule has 20 heavy (non-hydrogen) atoms. The molecule has 2 bridgehead atoms. The maximum atomic E-state index is 8.88. The average Bonchev–Trinajstić information content (AvgIpc) is 2.84. The van der Waals surface area contributed by atoms with Crippen molar-refractivity contribution in [1.29, 1.82) is 5.26 Å². The molecule has 0 aliphatic carbocycles. The summed E-state index contributed by atoms with van der Waals surface area (Å²) in [5.74, 6) is 0. The molecule has 2 saturated heterocycles. The molecule has 0 unspecified atom stereocenters. The third-order valence-electron chi connectivity index (χ3n) is 4.87. The van der Waals surface area contributed by atoms with Gasteiger partial charge in [0.1, 0.15) is 18.3 Å². The van der Waals surface area contributed by atoms with E-state index in [2.05, 4.69) is 39.9 Å². The molecule has 5 heteroatoms. The fraction of sp³-hybridized carbons (Fsp3) is 0.800. The van der Waals surface area contributed by atoms with Crippen LogP contribution in [-0.2, 0) is 13.9 Å². The molecule has 2 aliphatic heterocycles. The molecule has 0 radical (unpaired) electrons. The van der Waals surface area contributed by atoms with Gasteiger partial charge in [0, 0.05) is 19.6 Å². The van der Waals surface area contributed by atoms with Crippen molar-refractivity contribution < 1.29 is 13.9 Å². The van der Waals surface area contributed by atoms with E-state index < -0.39 is 8.32 Å². The van der Waals surface area contributed by atoms with Crippen molar-refractivity contribution in [1.82, 2.24) is 0 Å². The van der Waals surface area contributed by atoms with Crippen LogP contribution >= 0.6 is 0 Å². The predicted octanol–water partition coefficient (Wildman–Crippen LogP) is 3.01. The number of rotatable bonds is 3. The van der Waals surface area contributed by atoms with Crippen molar-refractivity contribution in [2.24, 2.45) is 0 Å². The van der Waals surface area contributed by atoms with Gasteiger partial charge in [-0.2, -0.15) is 5.26 Å². The molecule has 0 spiro atoms. The van der Waals surface area contributed by atoms with E-state index in [1.165, 1.54) is 0 Å². The van der Waals surface area contributed by atoms with E-state index in [1.54, 1.807) is 13.2 Å². The van der Waals surface area contributed by atoms with Crippen LogP contribution in [0.3, 0.4) is 0 Å². The molecule has 0 aromatic carbocycles. The van der Waals surface area contributed by atoms with Gasteiger partial charge in [0.25, 0.3) is 0 Å². The molecule has 0 saturated carbocycles. The molecule has 4 nitrogen and oxygen atoms in total. The average molecular weight is 295 g/mol. The largest absolute Gasteiger partial charge is 0.408 e. The molecular weight excluding hydrogens is 270 g/mol. The lowest BCUT2D eigenvalue weighted by Gasteiger charge is -2.41. The van der Waals surface area contributed by atoms with E-state index >= 15 is 0 Å². The summed E-state index contributed by atoms with van der Waals surface area (Å²) in [7, 11) is -0.175. The number of nitriles is 1. The number of nitrogens with zero attached hydrogens (tertiary/aromatic N) is 1. The van der Waals surface area contributed by atoms with Crippen LogP contribution in [0, 0.1) is 11.3 Å². The summed E-state index contributed by atoms with van der Waals surface area (Å²) in [6, 6.07) is 2.11. The van der Waals surface area contributed by atoms with Gasteiger partial charge in [-0.15, -0.1) is 0 Å². The van der Waals surface area contributed by atoms with Crippen molar-refractivity contribution in [3.8, 4) is 6.07 Å². The second-order valence-electron chi connectivity index (χ2n) is 7.19. The lowest BCUT2D eigenvalue weighted by atomic mass is 9.90. The summed E-state index contributed by atoms with van der Waals surface area (Å²) in [6.07, 6.45) is 2.20. The lowest BCUT2D eigenvalue weighted by molar-refractivity contribution is -0.00718. The van der Waals surface area contributed by atoms with Crippen LogP contribution < -0.4 is 0 Å². The number of fused-ring (bicyclic) bond motifs is 2. The molecule has 2 heterocycles. The predicted molar refractivity (Wildman–Crippen MR) is 79.8 cm³/mol. The van der Waals surface area contributed by atoms with Crippen molar-refractivity contribution in [3.63, 3.8) is 0 Å². The monoisotopic (exact) mass is 295 g/mol. The topological polar surface area (TPSA) is 51.5 Å². The number of ether oxygens (including phenoxy) is 2. The van der Waals surface area contributed by atoms with Gasteiger partial charge in [-0.1, -0.05) is 20.8 Å². The van der Waals surface area contributed by atoms with Crippen molar-refractivity contribution in [3.05, 3.63) is 11.6 Å². The number of methoxy groups -OCH3 is 1. The van der Waals surface area contributed by atoms with E-state index in [0.29, 0.717) is 0 Å². The van der Waals surface area contributed by atoms with Crippen LogP contribution in [-0.4, -0.2) is 39.8 Å². The molecule has 0 amide bonds. The van der Waals surface area contributed by atoms with Gasteiger partial charge in [-0.3, -0.25) is 0 Å². The van der Waals surface area contributed by atoms with Crippen LogP contribution in [0.2, 0.25) is 18.1 Å². The highest BCUT2D eigenvalue weighted by atomic mass is 28.4. The fourth-order valence-corrected chi connectivity index (χ4v) is 3.99. The smallest absolute Gasteiger partial charge is 0.192 e. The SMILES string of the molecule is CO[C@H]1[C@H](O[Si](C)(C)C(C)(C)C)[C@H]2O[C@@H]1C/C2=C\C#N. The van der Waals surface area contributed by atoms with Gasteiger partial charge in [0.2, 0.25) is 0 Å². The van der Waals surface area contributed by atoms with Gasteiger partial charge in [-0.25, -0.2) is 0 Å². The summed E-state index contributed by atoms with van der Waals surface area (Å²) in [4.78, 5) is 0. The first kappa shape index (κ1) is 15.7. The Morgan fingerprint density at radius 1 is 1.35 bits per heavy atom. The molecule has 2 aliphatic rings. The first-order valence-corrected chi connectivity index (χ1v) is 10.1. The Morgan fingerprint density at radius 3 is 2.50 bits per heavy atom. The summed E-state index contributed by atoms with van der Waals surface area (Å²) in [6.45, 7) is 11.1. The van der Waals surface area contributed by atoms with Crippen LogP contribution in [0.15, 0.2) is 11.6 Å². The zero-order chi connectivity index (χ0) is 15.1. The Morgan fingerprint density at radius 2 is 2.00 bits per heavy atom. The standard InChI is InChI=1S/C15H25NO3Si/c1-15(2,3)20(5,6)19-14-12-10(7-8-16)9-11(18-12)13(14)17-4/h7,11-14H,9H2,1-6H3/b10-7+/t11-,12+,13-,14-/m1/s1. The third kappa shape index (κ3) is 2.58. The van der Waals surface area contributed by atoms with E-state index in [-0.39, 0.29) is 29.5 Å². The van der Waals surface area contributed by atoms with E-state index in [4.69, 9.17) is 19.2 Å². The van der Waals surface area contributed by atoms with Crippen molar-refractivity contribution in [2.45, 2.75) is 69.7 Å². The van der Waals surface area contributed by atoms with Crippen molar-refractivity contribution >= 4 is 8.32 Å². The van der Waals surface area contributed by atoms with Crippen LogP contribution in [0.5, 0.6) is 0 Å². The minimum absolute atomic E-state index is 0.0232. The maximum absolute atomic E-state index is 8.88. The molecule has 2 rings (SSSR count). The Hall–Kier alpha value is -0.673. The molecule has 0 aromatic heterocycles. The highest BCUT2D eigenvalue weighted by Crippen LogP contribution is 2.45. The molecule has 4 atom stereocenters. The minimum Gasteiger partial charge on any atom is -0.408 e. The normalized spacial score (nSPS) is 35.5. The van der Waals surface area contributed by atoms with Crippen LogP contribution in [0.4, 0.5) is 0 Å². The second-order valence-corrected chi connectivity index (χ2v) is 11.9. The Bertz CT molecular complexity index is 447. The number of hydrogen-bond acceptors (Lipinski definition) is 4. The first-order chi connectivity index (χ1) is 9.21. The Balaban J connectivity index is 2.22. The summed E-state index contributed by atoms with van der Waals surface area (Å²) < 4.78 is 18.1. The summed E-state index contributed by atoms with van der Waals surface area (Å²) in [5, 5.41) is 9.03. The van der Waals surface area contributed by atoms with Gasteiger partial charge >= 0.3 is 0 Å². The fourth-order valence-electron chi connectivity index (χ4n) is 2.69. The Kier molecular flexibility index (Phi) is 4.14. The van der Waals surface area contributed by atoms with Gasteiger partial charge in [0.05, 0.1) is 12.2 Å². The molecule has 0 N–H and O–H groups in total. The van der Waals surface area contributed by atoms with E-state index in [1.807, 2.05) is 0 Å². The molecular formula is C15H25NO3Si. The minimum atomic E-state index is -1.89. The highest BCUT2D eigenvalue weighted by molar-refractivity contribution is 6.74. The number of hydrogen-bond donors (Lipinski definition) is 0. The lowest BCUT2D eigenvalue weighted by Crippen LogP contribution is -2.51. The van der Waals surface area contributed by atoms with Gasteiger partial charge < -0.3 is 13.9 Å². The number of allylic oxidation sites excluding steroid dienone is 1. The van der Waals surface area contributed by atoms with Crippen LogP contribution in [0.25, 0.3) is 0 Å². The van der Waals surface area contributed by atoms with Gasteiger partial charge in [-0.05, 0) is 23.7 Å². The second kappa shape index (κ2) is 5.27. The zero-order valence-electron chi connectivity index (χ0n) is 13.3. The molecule has 2 fully saturated rings. The van der Waals surface area contributed by atoms with Crippen LogP contribution in [0.1, 0.15) is 27.2 Å². The molecule has 112 valence electrons. The molecule has 0 aromatic rings. The summed E-state index contributed by atoms with van der Waals surface area (Å²) in [5.41, 5.74) is 1.05. The van der Waals surface area contributed by atoms with E-state index in [0.717, 1.165) is 12.0 Å². The quantitative estimate of drug-likeness (QED) is 0.593. The summed E-state index contributed by atoms with van der Waals surface area (Å²) >= 11 is 0. The van der Waals surface area contributed by atoms with Crippen molar-refractivity contribution in [2.75, 3.05) is 7.11 Å². The zero-order valence-corrected chi connectivity index (χ0v) is 14.3. The Labute approximate surface area is 122 Å². The van der Waals surface area contributed by atoms with Gasteiger partial charge in [0.15, 0.2) is 8.32 Å².